The summed E-state index contributed by atoms with van der Waals surface area (Å²) < 4.78 is 10.6. The van der Waals surface area contributed by atoms with Gasteiger partial charge in [-0.2, -0.15) is 0 Å². The van der Waals surface area contributed by atoms with Crippen LogP contribution in [0.2, 0.25) is 0 Å². The highest BCUT2D eigenvalue weighted by Gasteiger charge is 2.24. The summed E-state index contributed by atoms with van der Waals surface area (Å²) in [5.74, 6) is -0.00127. The van der Waals surface area contributed by atoms with Crippen LogP contribution in [0.3, 0.4) is 0 Å². The quantitative estimate of drug-likeness (QED) is 0.812. The number of hydrogen-bond donors (Lipinski definition) is 1. The molecule has 0 radical (unpaired) electrons. The van der Waals surface area contributed by atoms with E-state index in [1.54, 1.807) is 19.1 Å². The predicted octanol–water partition coefficient (Wildman–Crippen LogP) is 0.827. The number of methoxy groups -OCH3 is 2. The molecule has 1 amide bonds. The first-order chi connectivity index (χ1) is 10.5. The summed E-state index contributed by atoms with van der Waals surface area (Å²) in [5, 5.41) is 8.68. The Kier molecular flexibility index (Phi) is 5.08. The summed E-state index contributed by atoms with van der Waals surface area (Å²) in [5.41, 5.74) is 0.939. The summed E-state index contributed by atoms with van der Waals surface area (Å²) >= 11 is 0. The smallest absolute Gasteiger partial charge is 0.312 e. The van der Waals surface area contributed by atoms with E-state index < -0.39 is 12.4 Å². The van der Waals surface area contributed by atoms with Gasteiger partial charge in [-0.1, -0.05) is 0 Å². The van der Waals surface area contributed by atoms with Crippen molar-refractivity contribution in [1.29, 1.82) is 0 Å². The molecule has 0 spiro atoms. The molecule has 0 aliphatic carbocycles. The lowest BCUT2D eigenvalue weighted by Gasteiger charge is -2.36. The number of ether oxygens (including phenoxy) is 2. The van der Waals surface area contributed by atoms with E-state index in [1.807, 2.05) is 18.2 Å². The molecule has 1 fully saturated rings. The molecule has 0 saturated carbocycles. The Labute approximate surface area is 129 Å². The number of carbonyl (C=O) groups is 2. The molecule has 1 aliphatic rings. The van der Waals surface area contributed by atoms with E-state index in [0.29, 0.717) is 31.9 Å². The molecule has 1 aromatic carbocycles. The number of carboxylic acids is 1. The maximum Gasteiger partial charge on any atom is 0.312 e. The van der Waals surface area contributed by atoms with Crippen LogP contribution in [0.15, 0.2) is 18.2 Å². The second-order valence-electron chi connectivity index (χ2n) is 4.98. The molecule has 1 aromatic rings. The molecule has 1 aliphatic heterocycles. The third-order valence-corrected chi connectivity index (χ3v) is 3.66. The fraction of sp³-hybridized carbons (Fsp3) is 0.467. The minimum absolute atomic E-state index is 0.339. The molecular formula is C15H20N2O5. The first kappa shape index (κ1) is 15.9. The van der Waals surface area contributed by atoms with E-state index in [0.717, 1.165) is 11.4 Å². The van der Waals surface area contributed by atoms with Gasteiger partial charge in [0.1, 0.15) is 17.9 Å². The van der Waals surface area contributed by atoms with Crippen LogP contribution >= 0.6 is 0 Å². The van der Waals surface area contributed by atoms with Gasteiger partial charge >= 0.3 is 5.97 Å². The number of nitrogens with zero attached hydrogens (tertiary/aromatic N) is 2. The number of carbonyl (C=O) groups excluding carboxylic acids is 1. The lowest BCUT2D eigenvalue weighted by atomic mass is 10.2. The van der Waals surface area contributed by atoms with Crippen molar-refractivity contribution in [3.05, 3.63) is 18.2 Å². The van der Waals surface area contributed by atoms with E-state index in [9.17, 15) is 9.59 Å². The first-order valence-corrected chi connectivity index (χ1v) is 7.01. The van der Waals surface area contributed by atoms with E-state index in [4.69, 9.17) is 14.6 Å². The number of rotatable bonds is 5. The van der Waals surface area contributed by atoms with Crippen LogP contribution in [0.1, 0.15) is 6.42 Å². The van der Waals surface area contributed by atoms with Gasteiger partial charge in [-0.3, -0.25) is 9.59 Å². The molecule has 1 N–H and O–H groups in total. The summed E-state index contributed by atoms with van der Waals surface area (Å²) in [6.07, 6.45) is -0.453. The zero-order valence-electron chi connectivity index (χ0n) is 12.7. The monoisotopic (exact) mass is 308 g/mol. The number of benzene rings is 1. The van der Waals surface area contributed by atoms with Crippen LogP contribution in [0.25, 0.3) is 0 Å². The summed E-state index contributed by atoms with van der Waals surface area (Å²) in [6.45, 7) is 2.27. The van der Waals surface area contributed by atoms with Crippen LogP contribution in [0, 0.1) is 0 Å². The largest absolute Gasteiger partial charge is 0.497 e. The zero-order chi connectivity index (χ0) is 16.1. The molecule has 7 heteroatoms. The molecule has 22 heavy (non-hydrogen) atoms. The van der Waals surface area contributed by atoms with Gasteiger partial charge in [-0.05, 0) is 12.1 Å². The topological polar surface area (TPSA) is 79.3 Å². The van der Waals surface area contributed by atoms with Gasteiger partial charge in [0.25, 0.3) is 0 Å². The lowest BCUT2D eigenvalue weighted by Crippen LogP contribution is -2.49. The minimum Gasteiger partial charge on any atom is -0.497 e. The zero-order valence-corrected chi connectivity index (χ0v) is 12.7. The van der Waals surface area contributed by atoms with Gasteiger partial charge in [-0.15, -0.1) is 0 Å². The highest BCUT2D eigenvalue weighted by atomic mass is 16.5. The first-order valence-electron chi connectivity index (χ1n) is 7.01. The van der Waals surface area contributed by atoms with E-state index in [2.05, 4.69) is 4.90 Å². The molecule has 1 heterocycles. The maximum absolute atomic E-state index is 11.7. The third-order valence-electron chi connectivity index (χ3n) is 3.66. The van der Waals surface area contributed by atoms with Crippen LogP contribution < -0.4 is 14.4 Å². The van der Waals surface area contributed by atoms with E-state index in [1.165, 1.54) is 0 Å². The normalized spacial score (nSPS) is 14.6. The number of amides is 1. The van der Waals surface area contributed by atoms with Crippen molar-refractivity contribution in [2.75, 3.05) is 45.3 Å². The number of piperazine rings is 1. The average Bonchev–Trinajstić information content (AvgIpc) is 2.53. The second kappa shape index (κ2) is 7.02. The summed E-state index contributed by atoms with van der Waals surface area (Å²) in [4.78, 5) is 26.0. The number of aliphatic carboxylic acids is 1. The molecule has 0 atom stereocenters. The Balaban J connectivity index is 2.02. The Hall–Kier alpha value is -2.44. The Bertz CT molecular complexity index is 553. The Morgan fingerprint density at radius 1 is 1.14 bits per heavy atom. The Morgan fingerprint density at radius 2 is 1.82 bits per heavy atom. The molecule has 7 nitrogen and oxygen atoms in total. The van der Waals surface area contributed by atoms with Crippen molar-refractivity contribution >= 4 is 17.6 Å². The van der Waals surface area contributed by atoms with E-state index >= 15 is 0 Å². The average molecular weight is 308 g/mol. The van der Waals surface area contributed by atoms with Crippen LogP contribution in [0.5, 0.6) is 11.5 Å². The van der Waals surface area contributed by atoms with Gasteiger partial charge in [0.05, 0.1) is 19.9 Å². The number of hydrogen-bond acceptors (Lipinski definition) is 5. The summed E-state index contributed by atoms with van der Waals surface area (Å²) in [6, 6.07) is 5.60. The fourth-order valence-electron chi connectivity index (χ4n) is 2.48. The van der Waals surface area contributed by atoms with Gasteiger partial charge in [0.15, 0.2) is 0 Å². The van der Waals surface area contributed by atoms with Gasteiger partial charge in [-0.25, -0.2) is 0 Å². The van der Waals surface area contributed by atoms with Crippen LogP contribution in [-0.4, -0.2) is 62.3 Å². The molecule has 0 aromatic heterocycles. The molecule has 1 saturated heterocycles. The molecule has 0 unspecified atom stereocenters. The number of carboxylic acid groups (broad SMARTS) is 1. The van der Waals surface area contributed by atoms with Crippen molar-refractivity contribution in [2.45, 2.75) is 6.42 Å². The standard InChI is InChI=1S/C15H20N2O5/c1-21-11-3-4-12(13(9-11)22-2)16-5-7-17(8-6-16)14(18)10-15(19)20/h3-4,9H,5-8,10H2,1-2H3,(H,19,20). The molecular weight excluding hydrogens is 288 g/mol. The van der Waals surface area contributed by atoms with Crippen molar-refractivity contribution in [3.8, 4) is 11.5 Å². The van der Waals surface area contributed by atoms with Gasteiger partial charge in [0, 0.05) is 32.2 Å². The van der Waals surface area contributed by atoms with Crippen LogP contribution in [-0.2, 0) is 9.59 Å². The van der Waals surface area contributed by atoms with Crippen molar-refractivity contribution in [2.24, 2.45) is 0 Å². The SMILES string of the molecule is COc1ccc(N2CCN(C(=O)CC(=O)O)CC2)c(OC)c1. The number of anilines is 1. The minimum atomic E-state index is -1.09. The second-order valence-corrected chi connectivity index (χ2v) is 4.98. The van der Waals surface area contributed by atoms with Crippen molar-refractivity contribution in [1.82, 2.24) is 4.90 Å². The maximum atomic E-state index is 11.7. The third kappa shape index (κ3) is 3.60. The van der Waals surface area contributed by atoms with E-state index in [-0.39, 0.29) is 5.91 Å². The Morgan fingerprint density at radius 3 is 2.36 bits per heavy atom. The highest BCUT2D eigenvalue weighted by molar-refractivity contribution is 5.93. The fourth-order valence-corrected chi connectivity index (χ4v) is 2.48. The predicted molar refractivity (Wildman–Crippen MR) is 80.6 cm³/mol. The molecule has 120 valence electrons. The van der Waals surface area contributed by atoms with Crippen molar-refractivity contribution < 1.29 is 24.2 Å². The lowest BCUT2D eigenvalue weighted by molar-refractivity contribution is -0.144. The van der Waals surface area contributed by atoms with Gasteiger partial charge < -0.3 is 24.4 Å². The molecule has 2 rings (SSSR count). The van der Waals surface area contributed by atoms with Crippen molar-refractivity contribution in [3.63, 3.8) is 0 Å². The summed E-state index contributed by atoms with van der Waals surface area (Å²) in [7, 11) is 3.20. The molecule has 0 bridgehead atoms. The van der Waals surface area contributed by atoms with Crippen LogP contribution in [0.4, 0.5) is 5.69 Å². The highest BCUT2D eigenvalue weighted by Crippen LogP contribution is 2.32. The van der Waals surface area contributed by atoms with Gasteiger partial charge in [0.2, 0.25) is 5.91 Å².